The number of fused-ring (bicyclic) bond motifs is 2. The highest BCUT2D eigenvalue weighted by molar-refractivity contribution is 5.98. The summed E-state index contributed by atoms with van der Waals surface area (Å²) >= 11 is 0. The van der Waals surface area contributed by atoms with Crippen LogP contribution < -0.4 is 10.5 Å². The fourth-order valence-corrected chi connectivity index (χ4v) is 4.17. The zero-order valence-corrected chi connectivity index (χ0v) is 17.5. The number of benzene rings is 2. The van der Waals surface area contributed by atoms with Gasteiger partial charge >= 0.3 is 0 Å². The summed E-state index contributed by atoms with van der Waals surface area (Å²) in [6.07, 6.45) is 3.22. The van der Waals surface area contributed by atoms with Crippen LogP contribution in [0.3, 0.4) is 0 Å². The Morgan fingerprint density at radius 2 is 1.81 bits per heavy atom. The van der Waals surface area contributed by atoms with Crippen LogP contribution in [0.4, 0.5) is 5.69 Å². The quantitative estimate of drug-likeness (QED) is 0.533. The van der Waals surface area contributed by atoms with E-state index in [-0.39, 0.29) is 24.6 Å². The lowest BCUT2D eigenvalue weighted by molar-refractivity contribution is 0.0747. The molecule has 1 fully saturated rings. The van der Waals surface area contributed by atoms with Crippen molar-refractivity contribution in [3.05, 3.63) is 77.0 Å². The average Bonchev–Trinajstić information content (AvgIpc) is 2.85. The third-order valence-corrected chi connectivity index (χ3v) is 5.93. The number of aromatic nitrogens is 3. The van der Waals surface area contributed by atoms with Crippen LogP contribution in [0.1, 0.15) is 10.4 Å². The number of rotatable bonds is 4. The van der Waals surface area contributed by atoms with Crippen LogP contribution in [-0.4, -0.2) is 63.2 Å². The number of nitrogens with zero attached hydrogens (tertiary/aromatic N) is 5. The van der Waals surface area contributed by atoms with E-state index in [0.717, 1.165) is 16.6 Å². The fourth-order valence-electron chi connectivity index (χ4n) is 4.17. The van der Waals surface area contributed by atoms with E-state index in [0.29, 0.717) is 42.6 Å². The van der Waals surface area contributed by atoms with Crippen LogP contribution in [0, 0.1) is 0 Å². The Labute approximate surface area is 184 Å². The molecule has 8 nitrogen and oxygen atoms in total. The minimum absolute atomic E-state index is 0.0278. The summed E-state index contributed by atoms with van der Waals surface area (Å²) in [4.78, 5) is 38.3. The molecule has 0 atom stereocenters. The van der Waals surface area contributed by atoms with E-state index in [9.17, 15) is 9.59 Å². The highest BCUT2D eigenvalue weighted by Crippen LogP contribution is 2.22. The molecule has 0 bridgehead atoms. The zero-order valence-electron chi connectivity index (χ0n) is 17.5. The zero-order chi connectivity index (χ0) is 22.1. The maximum atomic E-state index is 13.0. The summed E-state index contributed by atoms with van der Waals surface area (Å²) in [7, 11) is 0. The molecule has 2 aromatic heterocycles. The second-order valence-electron chi connectivity index (χ2n) is 7.86. The van der Waals surface area contributed by atoms with Crippen molar-refractivity contribution in [3.63, 3.8) is 0 Å². The van der Waals surface area contributed by atoms with Gasteiger partial charge in [-0.15, -0.1) is 0 Å². The number of aliphatic hydroxyl groups excluding tert-OH is 1. The molecule has 0 saturated carbocycles. The molecule has 8 heteroatoms. The first-order valence-electron chi connectivity index (χ1n) is 10.6. The Morgan fingerprint density at radius 3 is 2.62 bits per heavy atom. The Kier molecular flexibility index (Phi) is 5.28. The van der Waals surface area contributed by atoms with Gasteiger partial charge in [-0.25, -0.2) is 4.98 Å². The van der Waals surface area contributed by atoms with Crippen LogP contribution in [0.2, 0.25) is 0 Å². The summed E-state index contributed by atoms with van der Waals surface area (Å²) in [5.41, 5.74) is 3.00. The predicted octanol–water partition coefficient (Wildman–Crippen LogP) is 1.90. The molecule has 0 radical (unpaired) electrons. The van der Waals surface area contributed by atoms with Crippen LogP contribution in [0.5, 0.6) is 0 Å². The van der Waals surface area contributed by atoms with Crippen molar-refractivity contribution in [2.45, 2.75) is 6.54 Å². The van der Waals surface area contributed by atoms with E-state index in [1.54, 1.807) is 12.3 Å². The molecule has 2 aromatic carbocycles. The second-order valence-corrected chi connectivity index (χ2v) is 7.86. The summed E-state index contributed by atoms with van der Waals surface area (Å²) in [6, 6.07) is 15.1. The Morgan fingerprint density at radius 1 is 0.969 bits per heavy atom. The minimum Gasteiger partial charge on any atom is -0.395 e. The molecule has 1 aliphatic heterocycles. The Hall–Kier alpha value is -3.78. The molecule has 1 N–H and O–H groups in total. The van der Waals surface area contributed by atoms with Gasteiger partial charge in [-0.1, -0.05) is 6.07 Å². The highest BCUT2D eigenvalue weighted by atomic mass is 16.3. The van der Waals surface area contributed by atoms with E-state index in [1.165, 1.54) is 10.9 Å². The summed E-state index contributed by atoms with van der Waals surface area (Å²) in [5.74, 6) is 0.0278. The molecule has 4 aromatic rings. The molecule has 0 aliphatic carbocycles. The number of piperazine rings is 1. The number of pyridine rings is 1. The lowest BCUT2D eigenvalue weighted by Crippen LogP contribution is -2.48. The number of carbonyl (C=O) groups excluding carboxylic acids is 1. The van der Waals surface area contributed by atoms with Crippen molar-refractivity contribution < 1.29 is 9.90 Å². The molecule has 1 aliphatic rings. The first-order valence-corrected chi connectivity index (χ1v) is 10.6. The third kappa shape index (κ3) is 3.69. The third-order valence-electron chi connectivity index (χ3n) is 5.93. The number of hydrogen-bond acceptors (Lipinski definition) is 6. The SMILES string of the molecule is O=C(c1ccc2ncccc2c1)N1CCN(c2ccc3c(=O)n(CCO)cnc3c2)CC1. The molecule has 0 unspecified atom stereocenters. The number of amides is 1. The van der Waals surface area contributed by atoms with Crippen molar-refractivity contribution in [2.24, 2.45) is 0 Å². The molecule has 32 heavy (non-hydrogen) atoms. The van der Waals surface area contributed by atoms with Crippen LogP contribution in [0.15, 0.2) is 65.8 Å². The van der Waals surface area contributed by atoms with Gasteiger partial charge in [-0.05, 0) is 42.5 Å². The predicted molar refractivity (Wildman–Crippen MR) is 123 cm³/mol. The smallest absolute Gasteiger partial charge is 0.261 e. The van der Waals surface area contributed by atoms with E-state index in [4.69, 9.17) is 5.11 Å². The first kappa shape index (κ1) is 20.1. The summed E-state index contributed by atoms with van der Waals surface area (Å²) in [6.45, 7) is 2.76. The highest BCUT2D eigenvalue weighted by Gasteiger charge is 2.23. The summed E-state index contributed by atoms with van der Waals surface area (Å²) < 4.78 is 1.41. The van der Waals surface area contributed by atoms with Gasteiger partial charge in [0.05, 0.1) is 35.9 Å². The van der Waals surface area contributed by atoms with E-state index in [2.05, 4.69) is 14.9 Å². The molecular weight excluding hydrogens is 406 g/mol. The first-order chi connectivity index (χ1) is 15.6. The normalized spacial score (nSPS) is 14.3. The van der Waals surface area contributed by atoms with Crippen molar-refractivity contribution in [1.82, 2.24) is 19.4 Å². The van der Waals surface area contributed by atoms with E-state index < -0.39 is 0 Å². The number of anilines is 1. The Balaban J connectivity index is 1.30. The summed E-state index contributed by atoms with van der Waals surface area (Å²) in [5, 5.41) is 10.6. The van der Waals surface area contributed by atoms with Gasteiger partial charge in [-0.3, -0.25) is 19.1 Å². The number of aliphatic hydroxyl groups is 1. The topological polar surface area (TPSA) is 91.6 Å². The minimum atomic E-state index is -0.156. The van der Waals surface area contributed by atoms with E-state index >= 15 is 0 Å². The second kappa shape index (κ2) is 8.39. The van der Waals surface area contributed by atoms with Gasteiger partial charge in [0.25, 0.3) is 11.5 Å². The fraction of sp³-hybridized carbons (Fsp3) is 0.250. The van der Waals surface area contributed by atoms with Gasteiger partial charge < -0.3 is 14.9 Å². The lowest BCUT2D eigenvalue weighted by Gasteiger charge is -2.36. The molecule has 1 saturated heterocycles. The van der Waals surface area contributed by atoms with E-state index in [1.807, 2.05) is 47.4 Å². The lowest BCUT2D eigenvalue weighted by atomic mass is 10.1. The van der Waals surface area contributed by atoms with Crippen LogP contribution >= 0.6 is 0 Å². The molecule has 3 heterocycles. The molecule has 1 amide bonds. The van der Waals surface area contributed by atoms with Crippen molar-refractivity contribution in [3.8, 4) is 0 Å². The maximum Gasteiger partial charge on any atom is 0.261 e. The molecule has 5 rings (SSSR count). The largest absolute Gasteiger partial charge is 0.395 e. The van der Waals surface area contributed by atoms with Crippen molar-refractivity contribution in [1.29, 1.82) is 0 Å². The molecule has 162 valence electrons. The standard InChI is InChI=1S/C24H23N5O3/c30-13-12-29-16-26-22-15-19(4-5-20(22)24(29)32)27-8-10-28(11-9-27)23(31)18-3-6-21-17(14-18)2-1-7-25-21/h1-7,14-16,30H,8-13H2. The monoisotopic (exact) mass is 429 g/mol. The van der Waals surface area contributed by atoms with Crippen LogP contribution in [-0.2, 0) is 6.54 Å². The van der Waals surface area contributed by atoms with Gasteiger partial charge in [0.15, 0.2) is 0 Å². The Bertz CT molecular complexity index is 1360. The number of hydrogen-bond donors (Lipinski definition) is 1. The van der Waals surface area contributed by atoms with Gasteiger partial charge in [0.1, 0.15) is 0 Å². The van der Waals surface area contributed by atoms with Gasteiger partial charge in [0, 0.05) is 49.0 Å². The number of carbonyl (C=O) groups is 1. The van der Waals surface area contributed by atoms with Gasteiger partial charge in [-0.2, -0.15) is 0 Å². The molecule has 0 spiro atoms. The van der Waals surface area contributed by atoms with Crippen molar-refractivity contribution in [2.75, 3.05) is 37.7 Å². The van der Waals surface area contributed by atoms with Crippen molar-refractivity contribution >= 4 is 33.4 Å². The molecular formula is C24H23N5O3. The average molecular weight is 429 g/mol. The van der Waals surface area contributed by atoms with Gasteiger partial charge in [0.2, 0.25) is 0 Å². The van der Waals surface area contributed by atoms with Crippen LogP contribution in [0.25, 0.3) is 21.8 Å². The maximum absolute atomic E-state index is 13.0.